The van der Waals surface area contributed by atoms with Crippen LogP contribution in [-0.2, 0) is 4.74 Å². The van der Waals surface area contributed by atoms with Gasteiger partial charge in [-0.2, -0.15) is 0 Å². The predicted octanol–water partition coefficient (Wildman–Crippen LogP) is 4.90. The highest BCUT2D eigenvalue weighted by Crippen LogP contribution is 2.40. The van der Waals surface area contributed by atoms with Crippen LogP contribution in [0.15, 0.2) is 90.2 Å². The highest BCUT2D eigenvalue weighted by atomic mass is 16.5. The van der Waals surface area contributed by atoms with Crippen molar-refractivity contribution in [2.75, 3.05) is 0 Å². The third kappa shape index (κ3) is 2.79. The lowest BCUT2D eigenvalue weighted by Crippen LogP contribution is -2.09. The lowest BCUT2D eigenvalue weighted by Gasteiger charge is -2.18. The molecule has 2 atom stereocenters. The molecule has 27 heavy (non-hydrogen) atoms. The Morgan fingerprint density at radius 3 is 2.26 bits per heavy atom. The van der Waals surface area contributed by atoms with Gasteiger partial charge in [-0.05, 0) is 29.7 Å². The van der Waals surface area contributed by atoms with Crippen molar-refractivity contribution < 1.29 is 4.74 Å². The van der Waals surface area contributed by atoms with E-state index in [2.05, 4.69) is 37.3 Å². The smallest absolute Gasteiger partial charge is 0.238 e. The molecule has 0 fully saturated rings. The number of hydrogen-bond donors (Lipinski definition) is 0. The molecule has 0 N–H and O–H groups in total. The maximum Gasteiger partial charge on any atom is 0.238 e. The fourth-order valence-electron chi connectivity index (χ4n) is 3.58. The molecule has 0 radical (unpaired) electrons. The molecule has 0 aliphatic carbocycles. The lowest BCUT2D eigenvalue weighted by atomic mass is 9.97. The zero-order valence-corrected chi connectivity index (χ0v) is 15.0. The molecule has 5 rings (SSSR count). The molecule has 0 saturated heterocycles. The van der Waals surface area contributed by atoms with Crippen LogP contribution in [0.25, 0.3) is 5.65 Å². The molecule has 0 spiro atoms. The molecule has 1 aliphatic heterocycles. The third-order valence-electron chi connectivity index (χ3n) is 4.95. The van der Waals surface area contributed by atoms with Gasteiger partial charge in [0.1, 0.15) is 17.4 Å². The number of ether oxygens (including phenoxy) is 1. The fourth-order valence-corrected chi connectivity index (χ4v) is 3.58. The molecule has 2 aromatic carbocycles. The van der Waals surface area contributed by atoms with Crippen LogP contribution in [0.2, 0.25) is 0 Å². The van der Waals surface area contributed by atoms with E-state index < -0.39 is 0 Å². The molecule has 1 aliphatic rings. The van der Waals surface area contributed by atoms with Crippen LogP contribution in [0.4, 0.5) is 0 Å². The summed E-state index contributed by atoms with van der Waals surface area (Å²) in [6.45, 7) is 2.06. The van der Waals surface area contributed by atoms with Crippen molar-refractivity contribution in [3.8, 4) is 0 Å². The summed E-state index contributed by atoms with van der Waals surface area (Å²) in [7, 11) is 0. The summed E-state index contributed by atoms with van der Waals surface area (Å²) in [5.41, 5.74) is 5.08. The number of hydrogen-bond acceptors (Lipinski definition) is 3. The Balaban J connectivity index is 1.59. The second kappa shape index (κ2) is 6.40. The van der Waals surface area contributed by atoms with Gasteiger partial charge in [0.15, 0.2) is 6.10 Å². The first-order valence-electron chi connectivity index (χ1n) is 9.08. The fraction of sp³-hybridized carbons (Fsp3) is 0.130. The van der Waals surface area contributed by atoms with Crippen LogP contribution < -0.4 is 0 Å². The first-order valence-corrected chi connectivity index (χ1v) is 9.08. The van der Waals surface area contributed by atoms with Gasteiger partial charge in [-0.25, -0.2) is 9.98 Å². The summed E-state index contributed by atoms with van der Waals surface area (Å²) in [5, 5.41) is 0. The Kier molecular flexibility index (Phi) is 3.75. The molecule has 4 heteroatoms. The molecular weight excluding hydrogens is 334 g/mol. The van der Waals surface area contributed by atoms with Crippen LogP contribution in [0, 0.1) is 6.92 Å². The number of fused-ring (bicyclic) bond motifs is 1. The van der Waals surface area contributed by atoms with Gasteiger partial charge in [-0.15, -0.1) is 0 Å². The molecule has 3 heterocycles. The maximum atomic E-state index is 6.34. The summed E-state index contributed by atoms with van der Waals surface area (Å²) in [4.78, 5) is 9.69. The van der Waals surface area contributed by atoms with Crippen molar-refractivity contribution >= 4 is 11.5 Å². The number of aliphatic imine (C=N–C) groups is 1. The van der Waals surface area contributed by atoms with Gasteiger partial charge in [-0.3, -0.25) is 0 Å². The number of nitrogens with zero attached hydrogens (tertiary/aromatic N) is 3. The minimum atomic E-state index is -0.158. The van der Waals surface area contributed by atoms with Crippen molar-refractivity contribution in [3.63, 3.8) is 0 Å². The number of pyridine rings is 1. The first-order chi connectivity index (χ1) is 13.3. The van der Waals surface area contributed by atoms with E-state index in [0.717, 1.165) is 28.0 Å². The first kappa shape index (κ1) is 15.8. The van der Waals surface area contributed by atoms with Gasteiger partial charge < -0.3 is 9.14 Å². The highest BCUT2D eigenvalue weighted by molar-refractivity contribution is 5.94. The molecule has 1 unspecified atom stereocenters. The highest BCUT2D eigenvalue weighted by Gasteiger charge is 2.34. The number of rotatable bonds is 3. The molecular formula is C23H19N3O. The molecule has 4 nitrogen and oxygen atoms in total. The number of aryl methyl sites for hydroxylation is 1. The normalized spacial score (nSPS) is 19.1. The maximum absolute atomic E-state index is 6.34. The lowest BCUT2D eigenvalue weighted by molar-refractivity contribution is 0.196. The van der Waals surface area contributed by atoms with E-state index in [1.165, 1.54) is 0 Å². The Morgan fingerprint density at radius 2 is 1.56 bits per heavy atom. The van der Waals surface area contributed by atoms with E-state index in [1.807, 2.05) is 59.3 Å². The molecule has 0 bridgehead atoms. The Labute approximate surface area is 157 Å². The van der Waals surface area contributed by atoms with E-state index in [9.17, 15) is 0 Å². The molecule has 2 aromatic heterocycles. The van der Waals surface area contributed by atoms with Crippen molar-refractivity contribution in [1.82, 2.24) is 9.38 Å². The average molecular weight is 353 g/mol. The van der Waals surface area contributed by atoms with E-state index in [0.29, 0.717) is 5.90 Å². The zero-order chi connectivity index (χ0) is 18.2. The third-order valence-corrected chi connectivity index (χ3v) is 4.95. The summed E-state index contributed by atoms with van der Waals surface area (Å²) < 4.78 is 8.36. The molecule has 0 saturated carbocycles. The summed E-state index contributed by atoms with van der Waals surface area (Å²) >= 11 is 0. The number of imidazole rings is 1. The van der Waals surface area contributed by atoms with Crippen molar-refractivity contribution in [2.24, 2.45) is 4.99 Å². The van der Waals surface area contributed by atoms with Gasteiger partial charge >= 0.3 is 0 Å². The minimum Gasteiger partial charge on any atom is -0.465 e. The van der Waals surface area contributed by atoms with Crippen LogP contribution in [-0.4, -0.2) is 15.3 Å². The number of aromatic nitrogens is 2. The Morgan fingerprint density at radius 1 is 0.852 bits per heavy atom. The van der Waals surface area contributed by atoms with Crippen molar-refractivity contribution in [2.45, 2.75) is 19.1 Å². The summed E-state index contributed by atoms with van der Waals surface area (Å²) in [6, 6.07) is 24.6. The summed E-state index contributed by atoms with van der Waals surface area (Å²) in [5.74, 6) is 0.598. The predicted molar refractivity (Wildman–Crippen MR) is 106 cm³/mol. The largest absolute Gasteiger partial charge is 0.465 e. The van der Waals surface area contributed by atoms with Crippen LogP contribution in [0.5, 0.6) is 0 Å². The quantitative estimate of drug-likeness (QED) is 0.525. The summed E-state index contributed by atoms with van der Waals surface area (Å²) in [6.07, 6.45) is 3.82. The Bertz CT molecular complexity index is 1120. The Hall–Kier alpha value is -3.40. The number of benzene rings is 2. The van der Waals surface area contributed by atoms with Gasteiger partial charge in [0.25, 0.3) is 0 Å². The van der Waals surface area contributed by atoms with E-state index in [-0.39, 0.29) is 12.1 Å². The SMILES string of the molecule is Cc1cccn2cc(C3=N[C@H](c4ccccc4)C(c4ccccc4)O3)nc12. The van der Waals surface area contributed by atoms with E-state index in [4.69, 9.17) is 14.7 Å². The van der Waals surface area contributed by atoms with Gasteiger partial charge in [0.2, 0.25) is 5.90 Å². The van der Waals surface area contributed by atoms with Gasteiger partial charge in [0.05, 0.1) is 0 Å². The zero-order valence-electron chi connectivity index (χ0n) is 15.0. The van der Waals surface area contributed by atoms with Gasteiger partial charge in [0, 0.05) is 12.4 Å². The van der Waals surface area contributed by atoms with Crippen LogP contribution in [0.3, 0.4) is 0 Å². The monoisotopic (exact) mass is 353 g/mol. The average Bonchev–Trinajstić information content (AvgIpc) is 3.35. The minimum absolute atomic E-state index is 0.0884. The second-order valence-corrected chi connectivity index (χ2v) is 6.79. The standard InChI is InChI=1S/C23H19N3O/c1-16-9-8-14-26-15-19(24-22(16)26)23-25-20(17-10-4-2-5-11-17)21(27-23)18-12-6-3-7-13-18/h2-15,20-21H,1H3/t20-,21?/m1/s1. The van der Waals surface area contributed by atoms with Crippen LogP contribution in [0.1, 0.15) is 34.5 Å². The van der Waals surface area contributed by atoms with Crippen molar-refractivity contribution in [1.29, 1.82) is 0 Å². The van der Waals surface area contributed by atoms with Gasteiger partial charge in [-0.1, -0.05) is 66.7 Å². The van der Waals surface area contributed by atoms with Crippen LogP contribution >= 0.6 is 0 Å². The molecule has 132 valence electrons. The van der Waals surface area contributed by atoms with E-state index >= 15 is 0 Å². The second-order valence-electron chi connectivity index (χ2n) is 6.79. The van der Waals surface area contributed by atoms with E-state index in [1.54, 1.807) is 0 Å². The molecule has 4 aromatic rings. The molecule has 0 amide bonds. The van der Waals surface area contributed by atoms with Crippen molar-refractivity contribution in [3.05, 3.63) is 108 Å². The topological polar surface area (TPSA) is 38.9 Å².